The Labute approximate surface area is 197 Å². The van der Waals surface area contributed by atoms with Crippen LogP contribution in [0.2, 0.25) is 10.0 Å². The van der Waals surface area contributed by atoms with E-state index in [-0.39, 0.29) is 14.7 Å². The molecule has 3 aromatic rings. The van der Waals surface area contributed by atoms with Gasteiger partial charge in [-0.15, -0.1) is 0 Å². The molecule has 1 unspecified atom stereocenters. The van der Waals surface area contributed by atoms with Gasteiger partial charge in [-0.25, -0.2) is 0 Å². The van der Waals surface area contributed by atoms with E-state index < -0.39 is 0 Å². The van der Waals surface area contributed by atoms with Gasteiger partial charge in [0, 0.05) is 43.5 Å². The van der Waals surface area contributed by atoms with Gasteiger partial charge in [-0.05, 0) is 35.6 Å². The predicted octanol–water partition coefficient (Wildman–Crippen LogP) is 6.53. The molecule has 1 aliphatic heterocycles. The van der Waals surface area contributed by atoms with Crippen molar-refractivity contribution in [2.24, 2.45) is 0 Å². The predicted molar refractivity (Wildman–Crippen MR) is 133 cm³/mol. The van der Waals surface area contributed by atoms with E-state index in [0.717, 1.165) is 22.2 Å². The highest BCUT2D eigenvalue weighted by Gasteiger charge is 2.36. The molecule has 1 atom stereocenters. The molecule has 0 fully saturated rings. The van der Waals surface area contributed by atoms with Gasteiger partial charge in [0.15, 0.2) is 5.75 Å². The first-order valence-corrected chi connectivity index (χ1v) is 12.4. The molecule has 31 heavy (non-hydrogen) atoms. The van der Waals surface area contributed by atoms with Crippen LogP contribution in [0.4, 0.5) is 5.69 Å². The second kappa shape index (κ2) is 9.25. The molecular weight excluding hydrogens is 472 g/mol. The molecule has 0 N–H and O–H groups in total. The standard InChI is InChI=1S/C22H20Cl2N3O2PS/c1-4-30-29-21-18-15(20(26(2)31-3)14-6-5-9-25-19(14)21)12-27(22(18)28)11-13-7-8-16(23)17(24)10-13/h4-10,30H,1,11-12H2,2-3H3. The number of benzene rings is 2. The van der Waals surface area contributed by atoms with Gasteiger partial charge in [-0.2, -0.15) is 0 Å². The highest BCUT2D eigenvalue weighted by atomic mass is 35.5. The maximum absolute atomic E-state index is 13.6. The molecule has 0 radical (unpaired) electrons. The quantitative estimate of drug-likeness (QED) is 0.277. The number of rotatable bonds is 7. The highest BCUT2D eigenvalue weighted by molar-refractivity contribution is 7.99. The maximum atomic E-state index is 13.6. The Balaban J connectivity index is 1.86. The molecular formula is C22H20Cl2N3O2PS. The summed E-state index contributed by atoms with van der Waals surface area (Å²) in [4.78, 5) is 19.9. The van der Waals surface area contributed by atoms with Crippen LogP contribution < -0.4 is 8.83 Å². The Morgan fingerprint density at radius 3 is 2.87 bits per heavy atom. The van der Waals surface area contributed by atoms with Crippen molar-refractivity contribution in [2.45, 2.75) is 13.1 Å². The van der Waals surface area contributed by atoms with Crippen LogP contribution in [0, 0.1) is 0 Å². The number of fused-ring (bicyclic) bond motifs is 2. The van der Waals surface area contributed by atoms with E-state index in [1.165, 1.54) is 0 Å². The van der Waals surface area contributed by atoms with E-state index in [1.54, 1.807) is 41.0 Å². The number of carbonyl (C=O) groups excluding carboxylic acids is 1. The molecule has 9 heteroatoms. The van der Waals surface area contributed by atoms with Crippen LogP contribution in [0.25, 0.3) is 10.9 Å². The van der Waals surface area contributed by atoms with Crippen molar-refractivity contribution in [3.05, 3.63) is 75.7 Å². The van der Waals surface area contributed by atoms with Gasteiger partial charge in [0.05, 0.1) is 30.1 Å². The number of anilines is 1. The average molecular weight is 492 g/mol. The minimum absolute atomic E-state index is 0.0251. The molecule has 0 bridgehead atoms. The second-order valence-corrected chi connectivity index (χ2v) is 9.52. The number of pyridine rings is 1. The molecule has 0 saturated carbocycles. The fraction of sp³-hybridized carbons (Fsp3) is 0.182. The zero-order chi connectivity index (χ0) is 22.1. The van der Waals surface area contributed by atoms with Crippen LogP contribution in [0.1, 0.15) is 21.5 Å². The number of aromatic nitrogens is 1. The van der Waals surface area contributed by atoms with Gasteiger partial charge in [0.2, 0.25) is 0 Å². The monoisotopic (exact) mass is 491 g/mol. The summed E-state index contributed by atoms with van der Waals surface area (Å²) < 4.78 is 8.09. The van der Waals surface area contributed by atoms with E-state index in [4.69, 9.17) is 27.7 Å². The zero-order valence-electron chi connectivity index (χ0n) is 17.0. The highest BCUT2D eigenvalue weighted by Crippen LogP contribution is 2.47. The van der Waals surface area contributed by atoms with E-state index in [2.05, 4.69) is 15.9 Å². The molecule has 160 valence electrons. The van der Waals surface area contributed by atoms with E-state index in [1.807, 2.05) is 31.5 Å². The summed E-state index contributed by atoms with van der Waals surface area (Å²) in [6.45, 7) is 4.63. The van der Waals surface area contributed by atoms with Crippen molar-refractivity contribution in [3.63, 3.8) is 0 Å². The van der Waals surface area contributed by atoms with Crippen molar-refractivity contribution in [3.8, 4) is 5.75 Å². The first-order chi connectivity index (χ1) is 15.0. The van der Waals surface area contributed by atoms with E-state index >= 15 is 0 Å². The Morgan fingerprint density at radius 1 is 1.35 bits per heavy atom. The lowest BCUT2D eigenvalue weighted by Gasteiger charge is -2.22. The number of carbonyl (C=O) groups is 1. The summed E-state index contributed by atoms with van der Waals surface area (Å²) in [6, 6.07) is 9.34. The Bertz CT molecular complexity index is 1190. The van der Waals surface area contributed by atoms with Crippen molar-refractivity contribution < 1.29 is 9.32 Å². The fourth-order valence-corrected chi connectivity index (χ4v) is 4.86. The summed E-state index contributed by atoms with van der Waals surface area (Å²) in [6.07, 6.45) is 3.72. The van der Waals surface area contributed by atoms with Crippen molar-refractivity contribution in [1.29, 1.82) is 0 Å². The van der Waals surface area contributed by atoms with Gasteiger partial charge in [0.25, 0.3) is 5.91 Å². The van der Waals surface area contributed by atoms with Crippen LogP contribution >= 0.6 is 44.0 Å². The van der Waals surface area contributed by atoms with Crippen LogP contribution in [0.15, 0.2) is 48.9 Å². The normalized spacial score (nSPS) is 13.3. The smallest absolute Gasteiger partial charge is 0.258 e. The molecule has 5 nitrogen and oxygen atoms in total. The Kier molecular flexibility index (Phi) is 6.63. The lowest BCUT2D eigenvalue weighted by molar-refractivity contribution is 0.0765. The summed E-state index contributed by atoms with van der Waals surface area (Å²) in [5.41, 5.74) is 4.07. The van der Waals surface area contributed by atoms with Crippen LogP contribution in [0.5, 0.6) is 5.75 Å². The van der Waals surface area contributed by atoms with Crippen molar-refractivity contribution in [2.75, 3.05) is 17.6 Å². The summed E-state index contributed by atoms with van der Waals surface area (Å²) in [5.74, 6) is 2.12. The van der Waals surface area contributed by atoms with Gasteiger partial charge in [0.1, 0.15) is 5.52 Å². The molecule has 1 aliphatic rings. The molecule has 4 rings (SSSR count). The van der Waals surface area contributed by atoms with Gasteiger partial charge in [-0.3, -0.25) is 9.78 Å². The third-order valence-corrected chi connectivity index (χ3v) is 7.09. The minimum atomic E-state index is -0.0896. The molecule has 2 heterocycles. The SMILES string of the molecule is C=CPOc1c2c(c(N(C)SC)c3cccnc13)CN(Cc1ccc(Cl)c(Cl)c1)C2=O. The third-order valence-electron chi connectivity index (χ3n) is 5.13. The fourth-order valence-electron chi connectivity index (χ4n) is 3.75. The lowest BCUT2D eigenvalue weighted by atomic mass is 10.0. The van der Waals surface area contributed by atoms with E-state index in [0.29, 0.717) is 40.0 Å². The first kappa shape index (κ1) is 22.2. The molecule has 1 aromatic heterocycles. The van der Waals surface area contributed by atoms with Gasteiger partial charge < -0.3 is 13.7 Å². The zero-order valence-corrected chi connectivity index (χ0v) is 20.3. The van der Waals surface area contributed by atoms with Crippen LogP contribution in [-0.2, 0) is 13.1 Å². The topological polar surface area (TPSA) is 45.7 Å². The third kappa shape index (κ3) is 4.10. The number of halogens is 2. The number of hydrogen-bond donors (Lipinski definition) is 0. The van der Waals surface area contributed by atoms with E-state index in [9.17, 15) is 4.79 Å². The first-order valence-electron chi connectivity index (χ1n) is 9.44. The maximum Gasteiger partial charge on any atom is 0.258 e. The molecule has 1 amide bonds. The van der Waals surface area contributed by atoms with Crippen molar-refractivity contribution >= 4 is 66.5 Å². The lowest BCUT2D eigenvalue weighted by Crippen LogP contribution is -2.23. The summed E-state index contributed by atoms with van der Waals surface area (Å²) >= 11 is 13.8. The van der Waals surface area contributed by atoms with Gasteiger partial charge in [-0.1, -0.05) is 47.8 Å². The Morgan fingerprint density at radius 2 is 2.16 bits per heavy atom. The van der Waals surface area contributed by atoms with Gasteiger partial charge >= 0.3 is 0 Å². The molecule has 0 spiro atoms. The van der Waals surface area contributed by atoms with Crippen LogP contribution in [-0.4, -0.2) is 29.1 Å². The molecule has 2 aromatic carbocycles. The number of hydrogen-bond acceptors (Lipinski definition) is 5. The largest absolute Gasteiger partial charge is 0.470 e. The summed E-state index contributed by atoms with van der Waals surface area (Å²) in [5, 5.41) is 1.91. The molecule has 0 aliphatic carbocycles. The number of nitrogens with zero attached hydrogens (tertiary/aromatic N) is 3. The average Bonchev–Trinajstić information content (AvgIpc) is 3.09. The number of amides is 1. The van der Waals surface area contributed by atoms with Crippen LogP contribution in [0.3, 0.4) is 0 Å². The summed E-state index contributed by atoms with van der Waals surface area (Å²) in [7, 11) is 2.02. The molecule has 0 saturated heterocycles. The minimum Gasteiger partial charge on any atom is -0.470 e. The second-order valence-electron chi connectivity index (χ2n) is 6.94. The Hall–Kier alpha value is -1.98. The van der Waals surface area contributed by atoms with Crippen molar-refractivity contribution in [1.82, 2.24) is 9.88 Å².